The lowest BCUT2D eigenvalue weighted by Gasteiger charge is -2.17. The van der Waals surface area contributed by atoms with Crippen LogP contribution in [0.1, 0.15) is 23.4 Å². The van der Waals surface area contributed by atoms with Crippen molar-refractivity contribution in [1.82, 2.24) is 10.5 Å². The molecule has 120 valence electrons. The predicted octanol–water partition coefficient (Wildman–Crippen LogP) is 1.76. The van der Waals surface area contributed by atoms with Gasteiger partial charge in [0.1, 0.15) is 5.76 Å². The minimum absolute atomic E-state index is 0.0245. The van der Waals surface area contributed by atoms with Crippen LogP contribution in [0.4, 0.5) is 5.69 Å². The summed E-state index contributed by atoms with van der Waals surface area (Å²) in [5.74, 6) is 0.390. The molecule has 0 saturated carbocycles. The summed E-state index contributed by atoms with van der Waals surface area (Å²) in [5.41, 5.74) is 2.72. The van der Waals surface area contributed by atoms with Gasteiger partial charge in [0.15, 0.2) is 0 Å². The Balaban J connectivity index is 1.60. The number of aromatic nitrogens is 1. The molecule has 0 bridgehead atoms. The maximum absolute atomic E-state index is 12.2. The second kappa shape index (κ2) is 6.24. The zero-order chi connectivity index (χ0) is 16.4. The fourth-order valence-electron chi connectivity index (χ4n) is 2.79. The van der Waals surface area contributed by atoms with Crippen LogP contribution in [0, 0.1) is 13.8 Å². The van der Waals surface area contributed by atoms with E-state index in [-0.39, 0.29) is 24.3 Å². The van der Waals surface area contributed by atoms with Crippen molar-refractivity contribution in [2.75, 3.05) is 11.4 Å². The number of nitrogens with zero attached hydrogens (tertiary/aromatic N) is 2. The molecule has 0 spiro atoms. The SMILES string of the molecule is Cc1cccc(N2C[C@@H](NC(=O)Cc3cc(C)no3)CC2=O)c1. The Morgan fingerprint density at radius 2 is 2.22 bits per heavy atom. The number of rotatable bonds is 4. The van der Waals surface area contributed by atoms with Gasteiger partial charge in [-0.2, -0.15) is 0 Å². The van der Waals surface area contributed by atoms with Gasteiger partial charge in [0.25, 0.3) is 0 Å². The third-order valence-electron chi connectivity index (χ3n) is 3.82. The highest BCUT2D eigenvalue weighted by Gasteiger charge is 2.31. The summed E-state index contributed by atoms with van der Waals surface area (Å²) in [5, 5.41) is 6.65. The van der Waals surface area contributed by atoms with E-state index in [0.717, 1.165) is 16.9 Å². The average Bonchev–Trinajstić information content (AvgIpc) is 3.04. The second-order valence-electron chi connectivity index (χ2n) is 5.92. The zero-order valence-electron chi connectivity index (χ0n) is 13.2. The van der Waals surface area contributed by atoms with E-state index in [4.69, 9.17) is 4.52 Å². The summed E-state index contributed by atoms with van der Waals surface area (Å²) in [4.78, 5) is 26.0. The van der Waals surface area contributed by atoms with Crippen LogP contribution in [0.15, 0.2) is 34.9 Å². The van der Waals surface area contributed by atoms with Gasteiger partial charge in [0.2, 0.25) is 11.8 Å². The number of aryl methyl sites for hydroxylation is 2. The molecule has 1 N–H and O–H groups in total. The molecular weight excluding hydrogens is 294 g/mol. The minimum atomic E-state index is -0.181. The molecule has 2 amide bonds. The molecular formula is C17H19N3O3. The van der Waals surface area contributed by atoms with Gasteiger partial charge in [0.05, 0.1) is 18.2 Å². The van der Waals surface area contributed by atoms with Crippen molar-refractivity contribution < 1.29 is 14.1 Å². The van der Waals surface area contributed by atoms with Crippen LogP contribution < -0.4 is 10.2 Å². The van der Waals surface area contributed by atoms with Crippen molar-refractivity contribution in [2.24, 2.45) is 0 Å². The number of carbonyl (C=O) groups is 2. The Labute approximate surface area is 134 Å². The van der Waals surface area contributed by atoms with E-state index in [1.807, 2.05) is 31.2 Å². The van der Waals surface area contributed by atoms with E-state index in [2.05, 4.69) is 10.5 Å². The number of hydrogen-bond donors (Lipinski definition) is 1. The summed E-state index contributed by atoms with van der Waals surface area (Å²) >= 11 is 0. The molecule has 1 aromatic heterocycles. The minimum Gasteiger partial charge on any atom is -0.361 e. The van der Waals surface area contributed by atoms with Crippen LogP contribution in [0.25, 0.3) is 0 Å². The zero-order valence-corrected chi connectivity index (χ0v) is 13.2. The Hall–Kier alpha value is -2.63. The fourth-order valence-corrected chi connectivity index (χ4v) is 2.79. The molecule has 1 saturated heterocycles. The molecule has 1 aliphatic rings. The van der Waals surface area contributed by atoms with Gasteiger partial charge in [-0.25, -0.2) is 0 Å². The molecule has 6 heteroatoms. The van der Waals surface area contributed by atoms with Crippen LogP contribution in [-0.2, 0) is 16.0 Å². The topological polar surface area (TPSA) is 75.4 Å². The van der Waals surface area contributed by atoms with Crippen molar-refractivity contribution >= 4 is 17.5 Å². The first kappa shape index (κ1) is 15.3. The van der Waals surface area contributed by atoms with Gasteiger partial charge < -0.3 is 14.7 Å². The second-order valence-corrected chi connectivity index (χ2v) is 5.92. The third kappa shape index (κ3) is 3.59. The Morgan fingerprint density at radius 3 is 2.91 bits per heavy atom. The van der Waals surface area contributed by atoms with E-state index in [0.29, 0.717) is 18.7 Å². The Bertz CT molecular complexity index is 738. The van der Waals surface area contributed by atoms with Crippen molar-refractivity contribution in [3.8, 4) is 0 Å². The van der Waals surface area contributed by atoms with Crippen LogP contribution in [0.5, 0.6) is 0 Å². The van der Waals surface area contributed by atoms with Crippen molar-refractivity contribution in [3.05, 3.63) is 47.3 Å². The quantitative estimate of drug-likeness (QED) is 0.933. The molecule has 0 radical (unpaired) electrons. The van der Waals surface area contributed by atoms with Crippen LogP contribution in [-0.4, -0.2) is 29.6 Å². The van der Waals surface area contributed by atoms with E-state index in [9.17, 15) is 9.59 Å². The molecule has 6 nitrogen and oxygen atoms in total. The first-order valence-corrected chi connectivity index (χ1v) is 7.60. The van der Waals surface area contributed by atoms with Crippen LogP contribution in [0.2, 0.25) is 0 Å². The molecule has 1 fully saturated rings. The molecule has 1 aromatic carbocycles. The molecule has 0 aliphatic carbocycles. The predicted molar refractivity (Wildman–Crippen MR) is 85.0 cm³/mol. The lowest BCUT2D eigenvalue weighted by molar-refractivity contribution is -0.121. The number of benzene rings is 1. The van der Waals surface area contributed by atoms with Gasteiger partial charge in [-0.1, -0.05) is 17.3 Å². The number of amides is 2. The smallest absolute Gasteiger partial charge is 0.229 e. The number of hydrogen-bond acceptors (Lipinski definition) is 4. The van der Waals surface area contributed by atoms with Crippen LogP contribution in [0.3, 0.4) is 0 Å². The van der Waals surface area contributed by atoms with E-state index in [1.54, 1.807) is 17.9 Å². The third-order valence-corrected chi connectivity index (χ3v) is 3.82. The van der Waals surface area contributed by atoms with Gasteiger partial charge in [-0.3, -0.25) is 9.59 Å². The van der Waals surface area contributed by atoms with Gasteiger partial charge in [0, 0.05) is 24.7 Å². The summed E-state index contributed by atoms with van der Waals surface area (Å²) in [6.45, 7) is 4.28. The Kier molecular flexibility index (Phi) is 4.14. The maximum atomic E-state index is 12.2. The highest BCUT2D eigenvalue weighted by molar-refractivity contribution is 5.97. The molecule has 0 unspecified atom stereocenters. The monoisotopic (exact) mass is 313 g/mol. The average molecular weight is 313 g/mol. The van der Waals surface area contributed by atoms with Crippen molar-refractivity contribution in [2.45, 2.75) is 32.7 Å². The molecule has 2 aromatic rings. The van der Waals surface area contributed by atoms with Gasteiger partial charge >= 0.3 is 0 Å². The number of carbonyl (C=O) groups excluding carboxylic acids is 2. The fraction of sp³-hybridized carbons (Fsp3) is 0.353. The van der Waals surface area contributed by atoms with Gasteiger partial charge in [-0.15, -0.1) is 0 Å². The molecule has 23 heavy (non-hydrogen) atoms. The van der Waals surface area contributed by atoms with Gasteiger partial charge in [-0.05, 0) is 31.5 Å². The summed E-state index contributed by atoms with van der Waals surface area (Å²) in [6, 6.07) is 9.35. The summed E-state index contributed by atoms with van der Waals surface area (Å²) in [7, 11) is 0. The summed E-state index contributed by atoms with van der Waals surface area (Å²) < 4.78 is 5.04. The molecule has 1 atom stereocenters. The maximum Gasteiger partial charge on any atom is 0.229 e. The normalized spacial score (nSPS) is 17.6. The van der Waals surface area contributed by atoms with Crippen molar-refractivity contribution in [1.29, 1.82) is 0 Å². The molecule has 2 heterocycles. The standard InChI is InChI=1S/C17H19N3O3/c1-11-4-3-5-14(6-11)20-10-13(8-17(20)22)18-16(21)9-15-7-12(2)19-23-15/h3-7,13H,8-10H2,1-2H3,(H,18,21)/t13-/m0/s1. The number of anilines is 1. The summed E-state index contributed by atoms with van der Waals surface area (Å²) in [6.07, 6.45) is 0.449. The highest BCUT2D eigenvalue weighted by Crippen LogP contribution is 2.22. The largest absolute Gasteiger partial charge is 0.361 e. The lowest BCUT2D eigenvalue weighted by atomic mass is 10.2. The highest BCUT2D eigenvalue weighted by atomic mass is 16.5. The van der Waals surface area contributed by atoms with E-state index in [1.165, 1.54) is 0 Å². The first-order chi connectivity index (χ1) is 11.0. The molecule has 1 aliphatic heterocycles. The van der Waals surface area contributed by atoms with Crippen LogP contribution >= 0.6 is 0 Å². The Morgan fingerprint density at radius 1 is 1.39 bits per heavy atom. The number of nitrogens with one attached hydrogen (secondary N) is 1. The molecule has 3 rings (SSSR count). The van der Waals surface area contributed by atoms with E-state index >= 15 is 0 Å². The van der Waals surface area contributed by atoms with E-state index < -0.39 is 0 Å². The first-order valence-electron chi connectivity index (χ1n) is 7.60. The van der Waals surface area contributed by atoms with Crippen molar-refractivity contribution in [3.63, 3.8) is 0 Å². The lowest BCUT2D eigenvalue weighted by Crippen LogP contribution is -2.38.